The van der Waals surface area contributed by atoms with Gasteiger partial charge in [-0.15, -0.1) is 0 Å². The van der Waals surface area contributed by atoms with Gasteiger partial charge >= 0.3 is 0 Å². The summed E-state index contributed by atoms with van der Waals surface area (Å²) in [5.41, 5.74) is 8.09. The molecule has 4 nitrogen and oxygen atoms in total. The van der Waals surface area contributed by atoms with Gasteiger partial charge in [-0.1, -0.05) is 0 Å². The van der Waals surface area contributed by atoms with Crippen molar-refractivity contribution in [2.75, 3.05) is 12.3 Å². The lowest BCUT2D eigenvalue weighted by molar-refractivity contribution is 0.105. The van der Waals surface area contributed by atoms with Gasteiger partial charge in [0.05, 0.1) is 18.9 Å². The fraction of sp³-hybridized carbons (Fsp3) is 0.625. The Balaban J connectivity index is 2.47. The molecule has 1 aromatic rings. The first kappa shape index (κ1) is 7.61. The topological polar surface area (TPSA) is 53.1 Å². The maximum Gasteiger partial charge on any atom is 0.149 e. The second kappa shape index (κ2) is 2.79. The van der Waals surface area contributed by atoms with Gasteiger partial charge in [0, 0.05) is 18.5 Å². The van der Waals surface area contributed by atoms with Crippen LogP contribution < -0.4 is 5.73 Å². The van der Waals surface area contributed by atoms with Gasteiger partial charge in [-0.3, -0.25) is 4.68 Å². The molecule has 4 heteroatoms. The van der Waals surface area contributed by atoms with E-state index in [-0.39, 0.29) is 0 Å². The number of ether oxygens (including phenoxy) is 1. The van der Waals surface area contributed by atoms with Gasteiger partial charge in [0.25, 0.3) is 0 Å². The zero-order valence-corrected chi connectivity index (χ0v) is 7.21. The fourth-order valence-corrected chi connectivity index (χ4v) is 1.59. The highest BCUT2D eigenvalue weighted by Gasteiger charge is 2.18. The molecule has 1 aliphatic rings. The molecule has 0 spiro atoms. The first-order chi connectivity index (χ1) is 5.83. The Hall–Kier alpha value is -1.03. The molecule has 0 saturated carbocycles. The van der Waals surface area contributed by atoms with E-state index in [1.165, 1.54) is 5.56 Å². The van der Waals surface area contributed by atoms with Crippen LogP contribution in [0, 0.1) is 0 Å². The van der Waals surface area contributed by atoms with Crippen molar-refractivity contribution < 1.29 is 4.74 Å². The molecule has 0 aliphatic carbocycles. The Morgan fingerprint density at radius 1 is 1.67 bits per heavy atom. The summed E-state index contributed by atoms with van der Waals surface area (Å²) in [5.74, 6) is 0.676. The summed E-state index contributed by atoms with van der Waals surface area (Å²) in [6, 6.07) is 0. The number of nitrogens with two attached hydrogens (primary N) is 1. The van der Waals surface area contributed by atoms with Crippen LogP contribution in [0.15, 0.2) is 0 Å². The SMILES string of the molecule is CCn1nc(N)c2c1COCC2. The van der Waals surface area contributed by atoms with E-state index in [1.807, 2.05) is 4.68 Å². The lowest BCUT2D eigenvalue weighted by Crippen LogP contribution is -2.13. The van der Waals surface area contributed by atoms with Crippen LogP contribution in [0.1, 0.15) is 18.2 Å². The number of aryl methyl sites for hydroxylation is 1. The summed E-state index contributed by atoms with van der Waals surface area (Å²) in [7, 11) is 0. The maximum absolute atomic E-state index is 5.75. The minimum absolute atomic E-state index is 0.660. The van der Waals surface area contributed by atoms with Crippen molar-refractivity contribution in [2.45, 2.75) is 26.5 Å². The van der Waals surface area contributed by atoms with E-state index >= 15 is 0 Å². The van der Waals surface area contributed by atoms with Crippen molar-refractivity contribution >= 4 is 5.82 Å². The molecule has 12 heavy (non-hydrogen) atoms. The van der Waals surface area contributed by atoms with E-state index in [0.717, 1.165) is 25.3 Å². The molecule has 1 aliphatic heterocycles. The van der Waals surface area contributed by atoms with Gasteiger partial charge in [0.2, 0.25) is 0 Å². The van der Waals surface area contributed by atoms with Gasteiger partial charge in [-0.25, -0.2) is 0 Å². The number of aromatic nitrogens is 2. The van der Waals surface area contributed by atoms with Crippen LogP contribution in [0.3, 0.4) is 0 Å². The van der Waals surface area contributed by atoms with Crippen molar-refractivity contribution in [3.05, 3.63) is 11.3 Å². The predicted molar refractivity (Wildman–Crippen MR) is 45.7 cm³/mol. The minimum atomic E-state index is 0.660. The van der Waals surface area contributed by atoms with Gasteiger partial charge in [0.15, 0.2) is 0 Å². The van der Waals surface area contributed by atoms with E-state index in [4.69, 9.17) is 10.5 Å². The maximum atomic E-state index is 5.75. The fourth-order valence-electron chi connectivity index (χ4n) is 1.59. The number of nitrogens with zero attached hydrogens (tertiary/aromatic N) is 2. The largest absolute Gasteiger partial charge is 0.382 e. The highest BCUT2D eigenvalue weighted by atomic mass is 16.5. The van der Waals surface area contributed by atoms with Gasteiger partial charge in [-0.2, -0.15) is 5.10 Å². The molecule has 0 bridgehead atoms. The third-order valence-corrected chi connectivity index (χ3v) is 2.23. The zero-order valence-electron chi connectivity index (χ0n) is 7.21. The number of anilines is 1. The normalized spacial score (nSPS) is 16.1. The van der Waals surface area contributed by atoms with Crippen LogP contribution >= 0.6 is 0 Å². The summed E-state index contributed by atoms with van der Waals surface area (Å²) in [5, 5.41) is 4.23. The third kappa shape index (κ3) is 0.992. The van der Waals surface area contributed by atoms with Crippen LogP contribution in [-0.4, -0.2) is 16.4 Å². The number of hydrogen-bond acceptors (Lipinski definition) is 3. The third-order valence-electron chi connectivity index (χ3n) is 2.23. The average Bonchev–Trinajstić information content (AvgIpc) is 2.44. The van der Waals surface area contributed by atoms with E-state index in [1.54, 1.807) is 0 Å². The standard InChI is InChI=1S/C8H13N3O/c1-2-11-7-5-12-4-3-6(7)8(9)10-11/h2-5H2,1H3,(H2,9,10). The molecule has 2 rings (SSSR count). The highest BCUT2D eigenvalue weighted by molar-refractivity contribution is 5.43. The summed E-state index contributed by atoms with van der Waals surface area (Å²) >= 11 is 0. The Morgan fingerprint density at radius 2 is 2.50 bits per heavy atom. The van der Waals surface area contributed by atoms with Gasteiger partial charge in [0.1, 0.15) is 5.82 Å². The summed E-state index contributed by atoms with van der Waals surface area (Å²) in [4.78, 5) is 0. The van der Waals surface area contributed by atoms with E-state index in [2.05, 4.69) is 12.0 Å². The molecule has 0 unspecified atom stereocenters. The van der Waals surface area contributed by atoms with Crippen molar-refractivity contribution in [1.82, 2.24) is 9.78 Å². The second-order valence-electron chi connectivity index (χ2n) is 2.93. The molecule has 66 valence electrons. The predicted octanol–water partition coefficient (Wildman–Crippen LogP) is 0.558. The highest BCUT2D eigenvalue weighted by Crippen LogP contribution is 2.21. The Labute approximate surface area is 71.3 Å². The molecule has 2 N–H and O–H groups in total. The van der Waals surface area contributed by atoms with Crippen LogP contribution in [0.2, 0.25) is 0 Å². The molecule has 0 fully saturated rings. The smallest absolute Gasteiger partial charge is 0.149 e. The van der Waals surface area contributed by atoms with E-state index < -0.39 is 0 Å². The molecule has 0 saturated heterocycles. The monoisotopic (exact) mass is 167 g/mol. The molecular weight excluding hydrogens is 154 g/mol. The Bertz CT molecular complexity index is 293. The lowest BCUT2D eigenvalue weighted by Gasteiger charge is -2.13. The van der Waals surface area contributed by atoms with Crippen molar-refractivity contribution in [1.29, 1.82) is 0 Å². The quantitative estimate of drug-likeness (QED) is 0.664. The number of fused-ring (bicyclic) bond motifs is 1. The van der Waals surface area contributed by atoms with Crippen molar-refractivity contribution in [3.8, 4) is 0 Å². The zero-order chi connectivity index (χ0) is 8.55. The number of nitrogen functional groups attached to an aromatic ring is 1. The minimum Gasteiger partial charge on any atom is -0.382 e. The first-order valence-corrected chi connectivity index (χ1v) is 4.24. The van der Waals surface area contributed by atoms with Crippen molar-refractivity contribution in [2.24, 2.45) is 0 Å². The molecule has 0 aromatic carbocycles. The molecule has 1 aromatic heterocycles. The number of hydrogen-bond donors (Lipinski definition) is 1. The van der Waals surface area contributed by atoms with Crippen molar-refractivity contribution in [3.63, 3.8) is 0 Å². The second-order valence-corrected chi connectivity index (χ2v) is 2.93. The Kier molecular flexibility index (Phi) is 1.77. The average molecular weight is 167 g/mol. The summed E-state index contributed by atoms with van der Waals surface area (Å²) in [6.45, 7) is 4.35. The van der Waals surface area contributed by atoms with Crippen LogP contribution in [0.5, 0.6) is 0 Å². The van der Waals surface area contributed by atoms with Crippen LogP contribution in [-0.2, 0) is 24.3 Å². The number of rotatable bonds is 1. The van der Waals surface area contributed by atoms with Crippen LogP contribution in [0.4, 0.5) is 5.82 Å². The van der Waals surface area contributed by atoms with Crippen LogP contribution in [0.25, 0.3) is 0 Å². The Morgan fingerprint density at radius 3 is 3.25 bits per heavy atom. The lowest BCUT2D eigenvalue weighted by atomic mass is 10.1. The van der Waals surface area contributed by atoms with E-state index in [0.29, 0.717) is 12.4 Å². The molecule has 0 radical (unpaired) electrons. The van der Waals surface area contributed by atoms with Gasteiger partial charge < -0.3 is 10.5 Å². The molecule has 2 heterocycles. The summed E-state index contributed by atoms with van der Waals surface area (Å²) in [6.07, 6.45) is 0.904. The molecule has 0 amide bonds. The van der Waals surface area contributed by atoms with E-state index in [9.17, 15) is 0 Å². The first-order valence-electron chi connectivity index (χ1n) is 4.24. The molecule has 0 atom stereocenters. The molecular formula is C8H13N3O. The van der Waals surface area contributed by atoms with Gasteiger partial charge in [-0.05, 0) is 6.92 Å². The summed E-state index contributed by atoms with van der Waals surface area (Å²) < 4.78 is 7.26.